The Bertz CT molecular complexity index is 342. The molecular weight excluding hydrogens is 214 g/mol. The van der Waals surface area contributed by atoms with Crippen molar-refractivity contribution in [3.05, 3.63) is 35.4 Å². The molecule has 0 aliphatic rings. The van der Waals surface area contributed by atoms with Crippen LogP contribution in [0.3, 0.4) is 0 Å². The first-order chi connectivity index (χ1) is 8.21. The molecule has 1 aromatic carbocycles. The van der Waals surface area contributed by atoms with Gasteiger partial charge in [0.05, 0.1) is 25.3 Å². The molecule has 0 radical (unpaired) electrons. The summed E-state index contributed by atoms with van der Waals surface area (Å²) in [5, 5.41) is 0. The molecule has 17 heavy (non-hydrogen) atoms. The summed E-state index contributed by atoms with van der Waals surface area (Å²) in [6.07, 6.45) is 0. The van der Waals surface area contributed by atoms with Crippen LogP contribution in [-0.4, -0.2) is 25.7 Å². The van der Waals surface area contributed by atoms with E-state index in [0.29, 0.717) is 12.2 Å². The van der Waals surface area contributed by atoms with Crippen molar-refractivity contribution in [2.24, 2.45) is 0 Å². The number of nitrogens with one attached hydrogen (secondary N) is 1. The fourth-order valence-corrected chi connectivity index (χ4v) is 1.76. The van der Waals surface area contributed by atoms with E-state index in [9.17, 15) is 4.79 Å². The van der Waals surface area contributed by atoms with Crippen molar-refractivity contribution in [2.45, 2.75) is 27.3 Å². The van der Waals surface area contributed by atoms with Crippen LogP contribution in [0.5, 0.6) is 0 Å². The average Bonchev–Trinajstić information content (AvgIpc) is 2.37. The Balaban J connectivity index is 2.64. The maximum atomic E-state index is 11.5. The van der Waals surface area contributed by atoms with Crippen LogP contribution in [0.15, 0.2) is 24.3 Å². The first kappa shape index (κ1) is 13.7. The quantitative estimate of drug-likeness (QED) is 0.754. The van der Waals surface area contributed by atoms with Crippen molar-refractivity contribution in [1.29, 1.82) is 0 Å². The number of carbonyl (C=O) groups excluding carboxylic acids is 1. The summed E-state index contributed by atoms with van der Waals surface area (Å²) in [5.41, 5.74) is 1.89. The van der Waals surface area contributed by atoms with Gasteiger partial charge in [0.25, 0.3) is 0 Å². The number of rotatable bonds is 6. The van der Waals surface area contributed by atoms with Crippen molar-refractivity contribution in [1.82, 2.24) is 0 Å². The molecule has 3 nitrogen and oxygen atoms in total. The molecular formula is C14H22NO2+. The van der Waals surface area contributed by atoms with Crippen molar-refractivity contribution in [3.63, 3.8) is 0 Å². The minimum Gasteiger partial charge on any atom is -0.462 e. The monoisotopic (exact) mass is 236 g/mol. The average molecular weight is 236 g/mol. The summed E-state index contributed by atoms with van der Waals surface area (Å²) in [6, 6.07) is 7.71. The highest BCUT2D eigenvalue weighted by atomic mass is 16.5. The topological polar surface area (TPSA) is 30.7 Å². The third kappa shape index (κ3) is 4.19. The fraction of sp³-hybridized carbons (Fsp3) is 0.500. The minimum absolute atomic E-state index is 0.241. The van der Waals surface area contributed by atoms with Gasteiger partial charge in [-0.1, -0.05) is 12.1 Å². The van der Waals surface area contributed by atoms with Crippen LogP contribution in [0.1, 0.15) is 36.7 Å². The molecule has 1 N–H and O–H groups in total. The second-order valence-corrected chi connectivity index (χ2v) is 4.05. The Morgan fingerprint density at radius 2 is 1.71 bits per heavy atom. The molecule has 1 rings (SSSR count). The highest BCUT2D eigenvalue weighted by Gasteiger charge is 2.08. The summed E-state index contributed by atoms with van der Waals surface area (Å²) in [5.74, 6) is -0.241. The first-order valence-corrected chi connectivity index (χ1v) is 6.30. The lowest BCUT2D eigenvalue weighted by atomic mass is 10.1. The summed E-state index contributed by atoms with van der Waals surface area (Å²) < 4.78 is 4.95. The summed E-state index contributed by atoms with van der Waals surface area (Å²) in [7, 11) is 0. The number of hydrogen-bond donors (Lipinski definition) is 1. The van der Waals surface area contributed by atoms with Gasteiger partial charge in [0.2, 0.25) is 0 Å². The van der Waals surface area contributed by atoms with E-state index in [-0.39, 0.29) is 5.97 Å². The van der Waals surface area contributed by atoms with Crippen LogP contribution in [0.2, 0.25) is 0 Å². The molecule has 94 valence electrons. The molecule has 0 saturated carbocycles. The van der Waals surface area contributed by atoms with Gasteiger partial charge < -0.3 is 9.64 Å². The molecule has 0 bridgehead atoms. The van der Waals surface area contributed by atoms with E-state index >= 15 is 0 Å². The standard InChI is InChI=1S/C14H21NO2/c1-4-15(5-2)11-12-7-9-13(10-8-12)14(16)17-6-3/h7-10H,4-6,11H2,1-3H3/p+1. The normalized spacial score (nSPS) is 10.6. The van der Waals surface area contributed by atoms with Gasteiger partial charge in [-0.05, 0) is 32.9 Å². The van der Waals surface area contributed by atoms with Gasteiger partial charge in [-0.2, -0.15) is 0 Å². The van der Waals surface area contributed by atoms with Crippen molar-refractivity contribution >= 4 is 5.97 Å². The van der Waals surface area contributed by atoms with Crippen LogP contribution < -0.4 is 4.90 Å². The van der Waals surface area contributed by atoms with E-state index in [1.807, 2.05) is 31.2 Å². The van der Waals surface area contributed by atoms with Gasteiger partial charge in [0.15, 0.2) is 0 Å². The van der Waals surface area contributed by atoms with E-state index in [1.54, 1.807) is 0 Å². The predicted molar refractivity (Wildman–Crippen MR) is 68.1 cm³/mol. The zero-order valence-corrected chi connectivity index (χ0v) is 11.0. The smallest absolute Gasteiger partial charge is 0.338 e. The van der Waals surface area contributed by atoms with Crippen LogP contribution in [-0.2, 0) is 11.3 Å². The molecule has 0 unspecified atom stereocenters. The van der Waals surface area contributed by atoms with Gasteiger partial charge in [-0.25, -0.2) is 4.79 Å². The number of ether oxygens (including phenoxy) is 1. The number of carbonyl (C=O) groups is 1. The SMILES string of the molecule is CCOC(=O)c1ccc(C[NH+](CC)CC)cc1. The molecule has 0 saturated heterocycles. The second-order valence-electron chi connectivity index (χ2n) is 4.05. The van der Waals surface area contributed by atoms with Crippen LogP contribution in [0.4, 0.5) is 0 Å². The predicted octanol–water partition coefficient (Wildman–Crippen LogP) is 1.29. The van der Waals surface area contributed by atoms with Crippen LogP contribution in [0.25, 0.3) is 0 Å². The fourth-order valence-electron chi connectivity index (χ4n) is 1.76. The van der Waals surface area contributed by atoms with Gasteiger partial charge in [-0.15, -0.1) is 0 Å². The Hall–Kier alpha value is -1.35. The Kier molecular flexibility index (Phi) is 5.70. The molecule has 0 fully saturated rings. The number of benzene rings is 1. The maximum absolute atomic E-state index is 11.5. The van der Waals surface area contributed by atoms with Crippen LogP contribution in [0, 0.1) is 0 Å². The van der Waals surface area contributed by atoms with Gasteiger partial charge in [0.1, 0.15) is 6.54 Å². The summed E-state index contributed by atoms with van der Waals surface area (Å²) >= 11 is 0. The van der Waals surface area contributed by atoms with Gasteiger partial charge in [0, 0.05) is 5.56 Å². The van der Waals surface area contributed by atoms with Crippen molar-refractivity contribution < 1.29 is 14.4 Å². The highest BCUT2D eigenvalue weighted by Crippen LogP contribution is 2.05. The molecule has 0 aliphatic carbocycles. The first-order valence-electron chi connectivity index (χ1n) is 6.30. The van der Waals surface area contributed by atoms with Crippen molar-refractivity contribution in [3.8, 4) is 0 Å². The summed E-state index contributed by atoms with van der Waals surface area (Å²) in [6.45, 7) is 9.86. The van der Waals surface area contributed by atoms with E-state index in [1.165, 1.54) is 10.5 Å². The molecule has 0 spiro atoms. The zero-order chi connectivity index (χ0) is 12.7. The number of quaternary nitrogens is 1. The Morgan fingerprint density at radius 1 is 1.12 bits per heavy atom. The number of hydrogen-bond acceptors (Lipinski definition) is 2. The Morgan fingerprint density at radius 3 is 2.18 bits per heavy atom. The molecule has 0 atom stereocenters. The second kappa shape index (κ2) is 7.07. The summed E-state index contributed by atoms with van der Waals surface area (Å²) in [4.78, 5) is 13.0. The van der Waals surface area contributed by atoms with E-state index in [0.717, 1.165) is 19.6 Å². The Labute approximate surface area is 103 Å². The minimum atomic E-state index is -0.241. The van der Waals surface area contributed by atoms with Gasteiger partial charge in [-0.3, -0.25) is 0 Å². The van der Waals surface area contributed by atoms with Crippen molar-refractivity contribution in [2.75, 3.05) is 19.7 Å². The number of esters is 1. The lowest BCUT2D eigenvalue weighted by molar-refractivity contribution is -0.910. The van der Waals surface area contributed by atoms with E-state index in [2.05, 4.69) is 13.8 Å². The third-order valence-electron chi connectivity index (χ3n) is 2.92. The van der Waals surface area contributed by atoms with E-state index in [4.69, 9.17) is 4.74 Å². The highest BCUT2D eigenvalue weighted by molar-refractivity contribution is 5.89. The molecule has 1 aromatic rings. The van der Waals surface area contributed by atoms with E-state index < -0.39 is 0 Å². The molecule has 0 aliphatic heterocycles. The zero-order valence-electron chi connectivity index (χ0n) is 11.0. The van der Waals surface area contributed by atoms with Crippen LogP contribution >= 0.6 is 0 Å². The largest absolute Gasteiger partial charge is 0.462 e. The molecule has 3 heteroatoms. The maximum Gasteiger partial charge on any atom is 0.338 e. The molecule has 0 aromatic heterocycles. The molecule has 0 heterocycles. The van der Waals surface area contributed by atoms with Gasteiger partial charge >= 0.3 is 5.97 Å². The lowest BCUT2D eigenvalue weighted by Crippen LogP contribution is -3.10. The lowest BCUT2D eigenvalue weighted by Gasteiger charge is -2.15. The molecule has 0 amide bonds. The third-order valence-corrected chi connectivity index (χ3v) is 2.92.